The van der Waals surface area contributed by atoms with Gasteiger partial charge in [0.15, 0.2) is 0 Å². The lowest BCUT2D eigenvalue weighted by atomic mass is 9.81. The lowest BCUT2D eigenvalue weighted by molar-refractivity contribution is -0.0889. The predicted octanol–water partition coefficient (Wildman–Crippen LogP) is 4.96. The van der Waals surface area contributed by atoms with E-state index in [1.165, 1.54) is 22.8 Å². The minimum Gasteiger partial charge on any atom is -0.489 e. The van der Waals surface area contributed by atoms with Crippen molar-refractivity contribution in [2.24, 2.45) is 7.05 Å². The van der Waals surface area contributed by atoms with E-state index in [0.717, 1.165) is 11.1 Å². The van der Waals surface area contributed by atoms with Crippen LogP contribution in [-0.2, 0) is 13.7 Å². The second-order valence-corrected chi connectivity index (χ2v) is 8.15. The number of aryl methyl sites for hydroxylation is 1. The minimum absolute atomic E-state index is 0.185. The second-order valence-electron chi connectivity index (χ2n) is 8.15. The molecule has 0 spiro atoms. The zero-order valence-electron chi connectivity index (χ0n) is 17.3. The zero-order valence-corrected chi connectivity index (χ0v) is 17.3. The highest BCUT2D eigenvalue weighted by Crippen LogP contribution is 2.48. The van der Waals surface area contributed by atoms with Gasteiger partial charge in [0.2, 0.25) is 5.92 Å². The quantitative estimate of drug-likeness (QED) is 0.442. The molecule has 0 radical (unpaired) electrons. The van der Waals surface area contributed by atoms with Crippen LogP contribution in [0.15, 0.2) is 65.6 Å². The number of pyridine rings is 1. The maximum Gasteiger partial charge on any atom is 0.258 e. The molecule has 2 heterocycles. The number of halogens is 3. The first-order valence-corrected chi connectivity index (χ1v) is 10.2. The van der Waals surface area contributed by atoms with Crippen LogP contribution in [0.25, 0.3) is 16.7 Å². The Labute approximate surface area is 181 Å². The van der Waals surface area contributed by atoms with Crippen LogP contribution in [0.5, 0.6) is 5.75 Å². The van der Waals surface area contributed by atoms with Crippen LogP contribution in [0.4, 0.5) is 13.2 Å². The topological polar surface area (TPSA) is 49.0 Å². The molecule has 0 saturated heterocycles. The molecule has 1 aliphatic carbocycles. The molecule has 1 aliphatic rings. The maximum atomic E-state index is 13.3. The molecule has 5 rings (SSSR count). The lowest BCUT2D eigenvalue weighted by Crippen LogP contribution is -2.35. The van der Waals surface area contributed by atoms with E-state index >= 15 is 0 Å². The van der Waals surface area contributed by atoms with Crippen molar-refractivity contribution in [2.45, 2.75) is 31.3 Å². The van der Waals surface area contributed by atoms with E-state index in [9.17, 15) is 18.0 Å². The monoisotopic (exact) mass is 439 g/mol. The number of hydrogen-bond acceptors (Lipinski definition) is 3. The molecule has 4 aromatic rings. The van der Waals surface area contributed by atoms with Gasteiger partial charge in [-0.25, -0.2) is 18.2 Å². The Morgan fingerprint density at radius 3 is 2.53 bits per heavy atom. The number of aromatic nitrogens is 3. The first-order chi connectivity index (χ1) is 15.3. The van der Waals surface area contributed by atoms with E-state index in [4.69, 9.17) is 4.74 Å². The molecule has 2 aromatic heterocycles. The third-order valence-corrected chi connectivity index (χ3v) is 5.84. The summed E-state index contributed by atoms with van der Waals surface area (Å²) in [6.07, 6.45) is 1.25. The van der Waals surface area contributed by atoms with E-state index in [0.29, 0.717) is 22.8 Å². The second kappa shape index (κ2) is 7.55. The van der Waals surface area contributed by atoms with Gasteiger partial charge in [-0.3, -0.25) is 9.36 Å². The zero-order chi connectivity index (χ0) is 22.5. The molecule has 0 amide bonds. The van der Waals surface area contributed by atoms with E-state index < -0.39 is 5.92 Å². The molecule has 0 aliphatic heterocycles. The van der Waals surface area contributed by atoms with E-state index in [1.807, 2.05) is 10.6 Å². The SMILES string of the molecule is Cn1c(C2CC(F)(F)C2)nc2ccc(-n3ccc(OCc4ccc(F)cc4)cc3=O)cc21. The molecule has 2 aromatic carbocycles. The smallest absolute Gasteiger partial charge is 0.258 e. The van der Waals surface area contributed by atoms with Crippen LogP contribution in [0.1, 0.15) is 30.1 Å². The lowest BCUT2D eigenvalue weighted by Gasteiger charge is -2.34. The number of imidazole rings is 1. The van der Waals surface area contributed by atoms with E-state index in [-0.39, 0.29) is 36.7 Å². The average Bonchev–Trinajstić information content (AvgIpc) is 3.07. The Hall–Kier alpha value is -3.55. The minimum atomic E-state index is -2.61. The number of ether oxygens (including phenoxy) is 1. The summed E-state index contributed by atoms with van der Waals surface area (Å²) in [4.78, 5) is 17.2. The molecular weight excluding hydrogens is 419 g/mol. The van der Waals surface area contributed by atoms with Gasteiger partial charge in [-0.05, 0) is 42.0 Å². The van der Waals surface area contributed by atoms with Crippen molar-refractivity contribution in [2.75, 3.05) is 0 Å². The highest BCUT2D eigenvalue weighted by atomic mass is 19.3. The Morgan fingerprint density at radius 2 is 1.84 bits per heavy atom. The molecule has 164 valence electrons. The molecule has 1 fully saturated rings. The first-order valence-electron chi connectivity index (χ1n) is 10.2. The Kier molecular flexibility index (Phi) is 4.80. The molecule has 8 heteroatoms. The number of fused-ring (bicyclic) bond motifs is 1. The summed E-state index contributed by atoms with van der Waals surface area (Å²) in [5.41, 5.74) is 2.63. The summed E-state index contributed by atoms with van der Waals surface area (Å²) in [6, 6.07) is 14.4. The van der Waals surface area contributed by atoms with Gasteiger partial charge < -0.3 is 9.30 Å². The fourth-order valence-electron chi connectivity index (χ4n) is 4.07. The van der Waals surface area contributed by atoms with Gasteiger partial charge in [-0.1, -0.05) is 12.1 Å². The average molecular weight is 439 g/mol. The molecule has 0 N–H and O–H groups in total. The van der Waals surface area contributed by atoms with Gasteiger partial charge in [0, 0.05) is 38.1 Å². The Morgan fingerprint density at radius 1 is 1.09 bits per heavy atom. The Balaban J connectivity index is 1.38. The number of hydrogen-bond donors (Lipinski definition) is 0. The van der Waals surface area contributed by atoms with Crippen molar-refractivity contribution in [1.82, 2.24) is 14.1 Å². The first kappa shape index (κ1) is 20.4. The van der Waals surface area contributed by atoms with Gasteiger partial charge in [-0.2, -0.15) is 0 Å². The van der Waals surface area contributed by atoms with Crippen LogP contribution in [-0.4, -0.2) is 20.0 Å². The molecule has 32 heavy (non-hydrogen) atoms. The summed E-state index contributed by atoms with van der Waals surface area (Å²) in [6.45, 7) is 0.216. The van der Waals surface area contributed by atoms with Crippen molar-refractivity contribution in [1.29, 1.82) is 0 Å². The summed E-state index contributed by atoms with van der Waals surface area (Å²) in [5, 5.41) is 0. The van der Waals surface area contributed by atoms with Crippen LogP contribution in [0, 0.1) is 5.82 Å². The maximum absolute atomic E-state index is 13.3. The summed E-state index contributed by atoms with van der Waals surface area (Å²) >= 11 is 0. The number of rotatable bonds is 5. The molecule has 5 nitrogen and oxygen atoms in total. The molecule has 1 saturated carbocycles. The van der Waals surface area contributed by atoms with Gasteiger partial charge in [-0.15, -0.1) is 0 Å². The van der Waals surface area contributed by atoms with E-state index in [1.54, 1.807) is 43.6 Å². The third-order valence-electron chi connectivity index (χ3n) is 5.84. The molecular formula is C24H20F3N3O2. The molecule has 0 bridgehead atoms. The van der Waals surface area contributed by atoms with Crippen molar-refractivity contribution in [3.05, 3.63) is 88.4 Å². The predicted molar refractivity (Wildman–Crippen MR) is 114 cm³/mol. The fourth-order valence-corrected chi connectivity index (χ4v) is 4.07. The molecule has 0 unspecified atom stereocenters. The van der Waals surface area contributed by atoms with Crippen molar-refractivity contribution in [3.8, 4) is 11.4 Å². The largest absolute Gasteiger partial charge is 0.489 e. The van der Waals surface area contributed by atoms with Crippen LogP contribution in [0.3, 0.4) is 0 Å². The number of alkyl halides is 2. The number of nitrogens with zero attached hydrogens (tertiary/aromatic N) is 3. The van der Waals surface area contributed by atoms with Crippen molar-refractivity contribution < 1.29 is 17.9 Å². The van der Waals surface area contributed by atoms with Gasteiger partial charge in [0.1, 0.15) is 24.0 Å². The summed E-state index contributed by atoms with van der Waals surface area (Å²) in [5.74, 6) is -2.14. The summed E-state index contributed by atoms with van der Waals surface area (Å²) < 4.78 is 48.5. The van der Waals surface area contributed by atoms with Crippen LogP contribution in [0.2, 0.25) is 0 Å². The van der Waals surface area contributed by atoms with Crippen molar-refractivity contribution >= 4 is 11.0 Å². The normalized spacial score (nSPS) is 15.6. The van der Waals surface area contributed by atoms with Crippen LogP contribution >= 0.6 is 0 Å². The van der Waals surface area contributed by atoms with Gasteiger partial charge in [0.25, 0.3) is 5.56 Å². The number of benzene rings is 2. The highest BCUT2D eigenvalue weighted by molar-refractivity contribution is 5.78. The highest BCUT2D eigenvalue weighted by Gasteiger charge is 2.47. The van der Waals surface area contributed by atoms with Crippen LogP contribution < -0.4 is 10.3 Å². The third kappa shape index (κ3) is 3.77. The molecule has 0 atom stereocenters. The van der Waals surface area contributed by atoms with Gasteiger partial charge >= 0.3 is 0 Å². The fraction of sp³-hybridized carbons (Fsp3) is 0.250. The summed E-state index contributed by atoms with van der Waals surface area (Å²) in [7, 11) is 1.81. The van der Waals surface area contributed by atoms with E-state index in [2.05, 4.69) is 4.98 Å². The Bertz CT molecular complexity index is 1350. The van der Waals surface area contributed by atoms with Gasteiger partial charge in [0.05, 0.1) is 16.7 Å². The standard InChI is InChI=1S/C24H20F3N3O2/c1-29-21-10-18(6-7-20(21)28-23(29)16-12-24(26,27)13-16)30-9-8-19(11-22(30)31)32-14-15-2-4-17(25)5-3-15/h2-11,16H,12-14H2,1H3. The van der Waals surface area contributed by atoms with Crippen molar-refractivity contribution in [3.63, 3.8) is 0 Å².